The SMILES string of the molecule is COc1ccc(NC(=O)c2ccc(NCc3ccc(C)cc3)nc2)c(OC)c1. The second-order valence-corrected chi connectivity index (χ2v) is 6.29. The van der Waals surface area contributed by atoms with Crippen LogP contribution in [0.1, 0.15) is 21.5 Å². The number of nitrogens with one attached hydrogen (secondary N) is 2. The Morgan fingerprint density at radius 1 is 1.00 bits per heavy atom. The van der Waals surface area contributed by atoms with E-state index in [2.05, 4.69) is 46.8 Å². The van der Waals surface area contributed by atoms with Gasteiger partial charge >= 0.3 is 0 Å². The summed E-state index contributed by atoms with van der Waals surface area (Å²) >= 11 is 0. The molecule has 1 aromatic heterocycles. The van der Waals surface area contributed by atoms with Crippen LogP contribution in [0.3, 0.4) is 0 Å². The van der Waals surface area contributed by atoms with Crippen LogP contribution in [0, 0.1) is 6.92 Å². The van der Waals surface area contributed by atoms with Gasteiger partial charge in [-0.3, -0.25) is 4.79 Å². The minimum absolute atomic E-state index is 0.263. The largest absolute Gasteiger partial charge is 0.497 e. The minimum atomic E-state index is -0.263. The number of anilines is 2. The second-order valence-electron chi connectivity index (χ2n) is 6.29. The van der Waals surface area contributed by atoms with E-state index in [9.17, 15) is 4.79 Å². The van der Waals surface area contributed by atoms with Crippen LogP contribution in [-0.4, -0.2) is 25.1 Å². The highest BCUT2D eigenvalue weighted by atomic mass is 16.5. The number of ether oxygens (including phenoxy) is 2. The summed E-state index contributed by atoms with van der Waals surface area (Å²) in [5, 5.41) is 6.08. The monoisotopic (exact) mass is 377 g/mol. The topological polar surface area (TPSA) is 72.5 Å². The summed E-state index contributed by atoms with van der Waals surface area (Å²) < 4.78 is 10.5. The van der Waals surface area contributed by atoms with Gasteiger partial charge in [0.2, 0.25) is 0 Å². The van der Waals surface area contributed by atoms with Crippen molar-refractivity contribution >= 4 is 17.4 Å². The first-order valence-corrected chi connectivity index (χ1v) is 8.88. The Labute approximate surface area is 164 Å². The smallest absolute Gasteiger partial charge is 0.257 e. The molecule has 1 amide bonds. The van der Waals surface area contributed by atoms with Crippen molar-refractivity contribution in [3.8, 4) is 11.5 Å². The van der Waals surface area contributed by atoms with Crippen LogP contribution in [0.4, 0.5) is 11.5 Å². The van der Waals surface area contributed by atoms with E-state index < -0.39 is 0 Å². The van der Waals surface area contributed by atoms with Crippen molar-refractivity contribution in [1.29, 1.82) is 0 Å². The quantitative estimate of drug-likeness (QED) is 0.643. The highest BCUT2D eigenvalue weighted by Gasteiger charge is 2.11. The number of hydrogen-bond acceptors (Lipinski definition) is 5. The van der Waals surface area contributed by atoms with E-state index in [0.29, 0.717) is 35.1 Å². The lowest BCUT2D eigenvalue weighted by atomic mass is 10.1. The molecule has 2 N–H and O–H groups in total. The van der Waals surface area contributed by atoms with Gasteiger partial charge in [-0.15, -0.1) is 0 Å². The summed E-state index contributed by atoms with van der Waals surface area (Å²) in [6.45, 7) is 2.73. The van der Waals surface area contributed by atoms with Gasteiger partial charge in [0.25, 0.3) is 5.91 Å². The molecule has 3 rings (SSSR count). The van der Waals surface area contributed by atoms with Gasteiger partial charge in [-0.05, 0) is 36.8 Å². The van der Waals surface area contributed by atoms with Crippen molar-refractivity contribution in [2.45, 2.75) is 13.5 Å². The average Bonchev–Trinajstić information content (AvgIpc) is 2.74. The summed E-state index contributed by atoms with van der Waals surface area (Å²) in [5.74, 6) is 1.62. The molecule has 2 aromatic carbocycles. The standard InChI is InChI=1S/C22H23N3O3/c1-15-4-6-16(7-5-15)13-23-21-11-8-17(14-24-21)22(26)25-19-10-9-18(27-2)12-20(19)28-3/h4-12,14H,13H2,1-3H3,(H,23,24)(H,25,26). The fraction of sp³-hybridized carbons (Fsp3) is 0.182. The van der Waals surface area contributed by atoms with E-state index in [4.69, 9.17) is 9.47 Å². The average molecular weight is 377 g/mol. The Hall–Kier alpha value is -3.54. The zero-order chi connectivity index (χ0) is 19.9. The summed E-state index contributed by atoms with van der Waals surface area (Å²) in [5.41, 5.74) is 3.42. The number of benzene rings is 2. The fourth-order valence-corrected chi connectivity index (χ4v) is 2.63. The van der Waals surface area contributed by atoms with Crippen LogP contribution in [0.25, 0.3) is 0 Å². The number of aryl methyl sites for hydroxylation is 1. The third-order valence-electron chi connectivity index (χ3n) is 4.28. The zero-order valence-electron chi connectivity index (χ0n) is 16.2. The lowest BCUT2D eigenvalue weighted by Crippen LogP contribution is -2.13. The first-order chi connectivity index (χ1) is 13.6. The molecule has 0 saturated carbocycles. The van der Waals surface area contributed by atoms with Gasteiger partial charge in [-0.1, -0.05) is 29.8 Å². The number of nitrogens with zero attached hydrogens (tertiary/aromatic N) is 1. The molecule has 144 valence electrons. The number of amides is 1. The Balaban J connectivity index is 1.62. The molecule has 0 aliphatic heterocycles. The summed E-state index contributed by atoms with van der Waals surface area (Å²) in [4.78, 5) is 16.8. The normalized spacial score (nSPS) is 10.2. The van der Waals surface area contributed by atoms with Crippen LogP contribution in [0.5, 0.6) is 11.5 Å². The third-order valence-corrected chi connectivity index (χ3v) is 4.28. The van der Waals surface area contributed by atoms with Crippen molar-refractivity contribution in [1.82, 2.24) is 4.98 Å². The third kappa shape index (κ3) is 4.79. The Morgan fingerprint density at radius 3 is 2.43 bits per heavy atom. The number of carbonyl (C=O) groups excluding carboxylic acids is 1. The summed E-state index contributed by atoms with van der Waals surface area (Å²) in [6, 6.07) is 17.0. The molecule has 3 aromatic rings. The second kappa shape index (κ2) is 8.90. The predicted molar refractivity (Wildman–Crippen MR) is 110 cm³/mol. The molecule has 1 heterocycles. The first-order valence-electron chi connectivity index (χ1n) is 8.88. The van der Waals surface area contributed by atoms with E-state index >= 15 is 0 Å². The zero-order valence-corrected chi connectivity index (χ0v) is 16.2. The van der Waals surface area contributed by atoms with Crippen LogP contribution in [0.15, 0.2) is 60.8 Å². The molecule has 0 aliphatic rings. The Bertz CT molecular complexity index is 938. The van der Waals surface area contributed by atoms with Gasteiger partial charge in [0.15, 0.2) is 0 Å². The molecule has 0 aliphatic carbocycles. The number of aromatic nitrogens is 1. The molecule has 0 saturated heterocycles. The van der Waals surface area contributed by atoms with Crippen molar-refractivity contribution in [3.05, 3.63) is 77.5 Å². The van der Waals surface area contributed by atoms with Gasteiger partial charge < -0.3 is 20.1 Å². The van der Waals surface area contributed by atoms with Gasteiger partial charge in [0.05, 0.1) is 25.5 Å². The molecule has 0 atom stereocenters. The molecule has 0 unspecified atom stereocenters. The van der Waals surface area contributed by atoms with E-state index in [-0.39, 0.29) is 5.91 Å². The van der Waals surface area contributed by atoms with Crippen molar-refractivity contribution in [2.24, 2.45) is 0 Å². The molecule has 0 radical (unpaired) electrons. The highest BCUT2D eigenvalue weighted by Crippen LogP contribution is 2.29. The fourth-order valence-electron chi connectivity index (χ4n) is 2.63. The predicted octanol–water partition coefficient (Wildman–Crippen LogP) is 4.27. The van der Waals surface area contributed by atoms with E-state index in [1.165, 1.54) is 11.1 Å². The van der Waals surface area contributed by atoms with E-state index in [0.717, 1.165) is 0 Å². The molecule has 28 heavy (non-hydrogen) atoms. The number of rotatable bonds is 7. The maximum atomic E-state index is 12.5. The lowest BCUT2D eigenvalue weighted by molar-refractivity contribution is 0.102. The maximum Gasteiger partial charge on any atom is 0.257 e. The molecule has 6 nitrogen and oxygen atoms in total. The first kappa shape index (κ1) is 19.2. The van der Waals surface area contributed by atoms with Crippen molar-refractivity contribution in [3.63, 3.8) is 0 Å². The highest BCUT2D eigenvalue weighted by molar-refractivity contribution is 6.05. The van der Waals surface area contributed by atoms with Gasteiger partial charge in [-0.25, -0.2) is 4.98 Å². The van der Waals surface area contributed by atoms with E-state index in [1.807, 2.05) is 0 Å². The van der Waals surface area contributed by atoms with Crippen LogP contribution >= 0.6 is 0 Å². The molecule has 6 heteroatoms. The minimum Gasteiger partial charge on any atom is -0.497 e. The van der Waals surface area contributed by atoms with E-state index in [1.54, 1.807) is 50.7 Å². The van der Waals surface area contributed by atoms with Gasteiger partial charge in [0, 0.05) is 18.8 Å². The summed E-state index contributed by atoms with van der Waals surface area (Å²) in [7, 11) is 3.12. The molecular formula is C22H23N3O3. The van der Waals surface area contributed by atoms with Gasteiger partial charge in [-0.2, -0.15) is 0 Å². The Morgan fingerprint density at radius 2 is 1.79 bits per heavy atom. The molecule has 0 spiro atoms. The molecular weight excluding hydrogens is 354 g/mol. The summed E-state index contributed by atoms with van der Waals surface area (Å²) in [6.07, 6.45) is 1.54. The number of hydrogen-bond donors (Lipinski definition) is 2. The molecule has 0 bridgehead atoms. The maximum absolute atomic E-state index is 12.5. The number of methoxy groups -OCH3 is 2. The van der Waals surface area contributed by atoms with Crippen LogP contribution in [-0.2, 0) is 6.54 Å². The van der Waals surface area contributed by atoms with Crippen LogP contribution in [0.2, 0.25) is 0 Å². The van der Waals surface area contributed by atoms with Crippen LogP contribution < -0.4 is 20.1 Å². The van der Waals surface area contributed by atoms with Crippen molar-refractivity contribution in [2.75, 3.05) is 24.9 Å². The van der Waals surface area contributed by atoms with Crippen molar-refractivity contribution < 1.29 is 14.3 Å². The lowest BCUT2D eigenvalue weighted by Gasteiger charge is -2.12. The number of pyridine rings is 1. The Kier molecular flexibility index (Phi) is 6.11. The molecule has 0 fully saturated rings. The number of carbonyl (C=O) groups is 1. The van der Waals surface area contributed by atoms with Gasteiger partial charge in [0.1, 0.15) is 17.3 Å².